The van der Waals surface area contributed by atoms with Crippen LogP contribution in [0, 0.1) is 11.6 Å². The van der Waals surface area contributed by atoms with Crippen molar-refractivity contribution in [3.05, 3.63) is 47.1 Å². The average molecular weight is 330 g/mol. The van der Waals surface area contributed by atoms with E-state index in [0.717, 1.165) is 6.20 Å². The number of carbonyl (C=O) groups excluding carboxylic acids is 1. The predicted octanol–water partition coefficient (Wildman–Crippen LogP) is 4.05. The highest BCUT2D eigenvalue weighted by Crippen LogP contribution is 2.28. The molecule has 0 aliphatic heterocycles. The number of hydrogen-bond donors (Lipinski definition) is 0. The monoisotopic (exact) mass is 329 g/mol. The van der Waals surface area contributed by atoms with Crippen LogP contribution in [0.4, 0.5) is 8.78 Å². The highest BCUT2D eigenvalue weighted by atomic mass is 35.5. The van der Waals surface area contributed by atoms with E-state index in [1.165, 1.54) is 24.3 Å². The Morgan fingerprint density at radius 1 is 1.18 bits per heavy atom. The highest BCUT2D eigenvalue weighted by Gasteiger charge is 2.15. The van der Waals surface area contributed by atoms with Crippen LogP contribution in [0.3, 0.4) is 0 Å². The second-order valence-corrected chi connectivity index (χ2v) is 4.41. The Bertz CT molecular complexity index is 679. The number of benzene rings is 1. The highest BCUT2D eigenvalue weighted by molar-refractivity contribution is 6.30. The van der Waals surface area contributed by atoms with Gasteiger partial charge in [0.1, 0.15) is 5.75 Å². The van der Waals surface area contributed by atoms with Crippen LogP contribution in [0.15, 0.2) is 30.5 Å². The van der Waals surface area contributed by atoms with Crippen LogP contribution < -0.4 is 9.62 Å². The quantitative estimate of drug-likeness (QED) is 0.611. The largest absolute Gasteiger partial charge is 0.436 e. The molecule has 1 heterocycles. The van der Waals surface area contributed by atoms with E-state index in [1.807, 2.05) is 0 Å². The van der Waals surface area contributed by atoms with Gasteiger partial charge in [0.25, 0.3) is 5.88 Å². The van der Waals surface area contributed by atoms with Crippen molar-refractivity contribution in [3.8, 4) is 17.4 Å². The predicted molar refractivity (Wildman–Crippen MR) is 72.7 cm³/mol. The molecule has 1 aromatic heterocycles. The molecule has 5 nitrogen and oxygen atoms in total. The molecular formula is C14H10ClF2NO4. The van der Waals surface area contributed by atoms with E-state index in [9.17, 15) is 13.6 Å². The molecule has 0 radical (unpaired) electrons. The molecule has 116 valence electrons. The van der Waals surface area contributed by atoms with E-state index in [4.69, 9.17) is 21.2 Å². The molecule has 0 aliphatic rings. The van der Waals surface area contributed by atoms with Crippen LogP contribution in [0.25, 0.3) is 0 Å². The first-order valence-corrected chi connectivity index (χ1v) is 6.53. The van der Waals surface area contributed by atoms with Gasteiger partial charge in [0, 0.05) is 6.42 Å². The van der Waals surface area contributed by atoms with Gasteiger partial charge in [0.15, 0.2) is 11.6 Å². The van der Waals surface area contributed by atoms with Gasteiger partial charge >= 0.3 is 5.97 Å². The molecule has 0 atom stereocenters. The first-order valence-electron chi connectivity index (χ1n) is 6.16. The zero-order chi connectivity index (χ0) is 16.1. The average Bonchev–Trinajstić information content (AvgIpc) is 2.54. The van der Waals surface area contributed by atoms with Gasteiger partial charge in [-0.1, -0.05) is 18.5 Å². The third-order valence-electron chi connectivity index (χ3n) is 2.44. The van der Waals surface area contributed by atoms with Crippen LogP contribution in [0.2, 0.25) is 5.02 Å². The molecule has 0 unspecified atom stereocenters. The summed E-state index contributed by atoms with van der Waals surface area (Å²) < 4.78 is 31.9. The van der Waals surface area contributed by atoms with Crippen molar-refractivity contribution in [3.63, 3.8) is 0 Å². The molecule has 0 saturated carbocycles. The van der Waals surface area contributed by atoms with Gasteiger partial charge in [-0.2, -0.15) is 4.39 Å². The number of ether oxygens (including phenoxy) is 1. The Kier molecular flexibility index (Phi) is 5.11. The Labute approximate surface area is 129 Å². The van der Waals surface area contributed by atoms with Crippen LogP contribution in [0.1, 0.15) is 13.3 Å². The fraction of sp³-hybridized carbons (Fsp3) is 0.143. The maximum absolute atomic E-state index is 13.5. The van der Waals surface area contributed by atoms with Crippen molar-refractivity contribution in [2.75, 3.05) is 0 Å². The summed E-state index contributed by atoms with van der Waals surface area (Å²) in [7, 11) is 0. The Hall–Kier alpha value is -2.41. The summed E-state index contributed by atoms with van der Waals surface area (Å²) in [6.45, 7) is 1.62. The van der Waals surface area contributed by atoms with E-state index in [-0.39, 0.29) is 17.9 Å². The molecule has 0 bridgehead atoms. The third kappa shape index (κ3) is 3.82. The van der Waals surface area contributed by atoms with Crippen molar-refractivity contribution in [1.82, 2.24) is 4.98 Å². The lowest BCUT2D eigenvalue weighted by Gasteiger charge is -2.07. The lowest BCUT2D eigenvalue weighted by molar-refractivity contribution is -0.213. The van der Waals surface area contributed by atoms with Gasteiger partial charge in [-0.3, -0.25) is 9.78 Å². The number of pyridine rings is 1. The topological polar surface area (TPSA) is 57.7 Å². The molecule has 22 heavy (non-hydrogen) atoms. The number of halogens is 3. The summed E-state index contributed by atoms with van der Waals surface area (Å²) >= 11 is 5.39. The summed E-state index contributed by atoms with van der Waals surface area (Å²) in [6.07, 6.45) is 1.12. The molecule has 2 aromatic rings. The maximum Gasteiger partial charge on any atom is 0.355 e. The lowest BCUT2D eigenvalue weighted by atomic mass is 10.3. The van der Waals surface area contributed by atoms with Gasteiger partial charge in [-0.05, 0) is 24.3 Å². The number of nitrogens with zero attached hydrogens (tertiary/aromatic N) is 1. The van der Waals surface area contributed by atoms with Crippen LogP contribution >= 0.6 is 11.6 Å². The second-order valence-electron chi connectivity index (χ2n) is 4.00. The van der Waals surface area contributed by atoms with Crippen LogP contribution in [-0.4, -0.2) is 11.0 Å². The van der Waals surface area contributed by atoms with Crippen molar-refractivity contribution in [1.29, 1.82) is 0 Å². The zero-order valence-electron chi connectivity index (χ0n) is 11.3. The number of aromatic nitrogens is 1. The summed E-state index contributed by atoms with van der Waals surface area (Å²) in [4.78, 5) is 23.7. The van der Waals surface area contributed by atoms with Crippen molar-refractivity contribution >= 4 is 17.6 Å². The lowest BCUT2D eigenvalue weighted by Crippen LogP contribution is -2.05. The van der Waals surface area contributed by atoms with Gasteiger partial charge in [0.2, 0.25) is 5.82 Å². The van der Waals surface area contributed by atoms with Gasteiger partial charge in [0.05, 0.1) is 11.2 Å². The van der Waals surface area contributed by atoms with E-state index in [0.29, 0.717) is 0 Å². The molecule has 1 aromatic carbocycles. The fourth-order valence-corrected chi connectivity index (χ4v) is 1.46. The van der Waals surface area contributed by atoms with E-state index >= 15 is 0 Å². The third-order valence-corrected chi connectivity index (χ3v) is 2.71. The standard InChI is InChI=1S/C14H10ClF2NO4/c1-2-11(19)22-21-9-5-3-8(4-6-9)20-14-13(17)12(16)10(15)7-18-14/h3-7H,2H2,1H3. The number of hydrogen-bond acceptors (Lipinski definition) is 5. The molecular weight excluding hydrogens is 320 g/mol. The van der Waals surface area contributed by atoms with E-state index < -0.39 is 28.5 Å². The molecule has 0 saturated heterocycles. The molecule has 2 rings (SSSR count). The Balaban J connectivity index is 2.05. The molecule has 0 N–H and O–H groups in total. The number of carbonyl (C=O) groups is 1. The van der Waals surface area contributed by atoms with E-state index in [1.54, 1.807) is 6.92 Å². The SMILES string of the molecule is CCC(=O)OOc1ccc(Oc2ncc(Cl)c(F)c2F)cc1. The molecule has 0 amide bonds. The van der Waals surface area contributed by atoms with E-state index in [2.05, 4.69) is 9.87 Å². The first kappa shape index (κ1) is 16.0. The van der Waals surface area contributed by atoms with Crippen molar-refractivity contribution < 1.29 is 28.1 Å². The minimum atomic E-state index is -1.29. The summed E-state index contributed by atoms with van der Waals surface area (Å²) in [5, 5.41) is -0.439. The summed E-state index contributed by atoms with van der Waals surface area (Å²) in [6, 6.07) is 5.65. The minimum Gasteiger partial charge on any atom is -0.436 e. The first-order chi connectivity index (χ1) is 10.5. The van der Waals surface area contributed by atoms with Gasteiger partial charge in [-0.25, -0.2) is 14.2 Å². The minimum absolute atomic E-state index is 0.175. The zero-order valence-corrected chi connectivity index (χ0v) is 12.1. The van der Waals surface area contributed by atoms with Crippen molar-refractivity contribution in [2.45, 2.75) is 13.3 Å². The molecule has 8 heteroatoms. The van der Waals surface area contributed by atoms with Gasteiger partial charge in [-0.15, -0.1) is 0 Å². The van der Waals surface area contributed by atoms with Crippen molar-refractivity contribution in [2.24, 2.45) is 0 Å². The van der Waals surface area contributed by atoms with Crippen LogP contribution in [0.5, 0.6) is 17.4 Å². The molecule has 0 spiro atoms. The fourth-order valence-electron chi connectivity index (χ4n) is 1.33. The summed E-state index contributed by atoms with van der Waals surface area (Å²) in [5.41, 5.74) is 0. The van der Waals surface area contributed by atoms with Gasteiger partial charge < -0.3 is 4.74 Å². The van der Waals surface area contributed by atoms with Crippen LogP contribution in [-0.2, 0) is 9.68 Å². The smallest absolute Gasteiger partial charge is 0.355 e. The maximum atomic E-state index is 13.5. The Morgan fingerprint density at radius 3 is 2.45 bits per heavy atom. The molecule has 0 fully saturated rings. The second kappa shape index (κ2) is 7.04. The molecule has 0 aliphatic carbocycles. The normalized spacial score (nSPS) is 10.2. The summed E-state index contributed by atoms with van der Waals surface area (Å²) in [5.74, 6) is -3.17. The number of rotatable bonds is 5. The Morgan fingerprint density at radius 2 is 1.82 bits per heavy atom.